The van der Waals surface area contributed by atoms with Crippen molar-refractivity contribution in [2.24, 2.45) is 5.73 Å². The molecule has 1 rings (SSSR count). The Morgan fingerprint density at radius 2 is 2.06 bits per heavy atom. The van der Waals surface area contributed by atoms with Crippen LogP contribution in [0.4, 0.5) is 15.8 Å². The number of hydrogen-bond acceptors (Lipinski definition) is 4. The Labute approximate surface area is 103 Å². The summed E-state index contributed by atoms with van der Waals surface area (Å²) in [6.07, 6.45) is 0. The lowest BCUT2D eigenvalue weighted by Gasteiger charge is -2.23. The Morgan fingerprint density at radius 3 is 2.50 bits per heavy atom. The number of nitrogens with zero attached hydrogens (tertiary/aromatic N) is 1. The molecule has 0 heterocycles. The van der Waals surface area contributed by atoms with Gasteiger partial charge >= 0.3 is 0 Å². The van der Waals surface area contributed by atoms with Gasteiger partial charge in [-0.3, -0.25) is 14.9 Å². The first-order valence-corrected chi connectivity index (χ1v) is 5.18. The molecule has 0 spiro atoms. The maximum atomic E-state index is 13.3. The minimum atomic E-state index is -1.17. The second-order valence-corrected chi connectivity index (χ2v) is 4.49. The average molecular weight is 255 g/mol. The number of nitrogens with two attached hydrogens (primary N) is 1. The van der Waals surface area contributed by atoms with Crippen molar-refractivity contribution < 1.29 is 14.1 Å². The van der Waals surface area contributed by atoms with Gasteiger partial charge < -0.3 is 11.1 Å². The van der Waals surface area contributed by atoms with Gasteiger partial charge in [0.05, 0.1) is 11.0 Å². The molecule has 0 atom stereocenters. The third-order valence-electron chi connectivity index (χ3n) is 2.54. The maximum absolute atomic E-state index is 13.3. The van der Waals surface area contributed by atoms with E-state index in [1.54, 1.807) is 0 Å². The molecule has 7 heteroatoms. The maximum Gasteiger partial charge on any atom is 0.295 e. The molecule has 0 aliphatic carbocycles. The van der Waals surface area contributed by atoms with Crippen molar-refractivity contribution in [3.63, 3.8) is 0 Å². The lowest BCUT2D eigenvalue weighted by Crippen LogP contribution is -2.45. The number of halogens is 1. The number of carbonyl (C=O) groups is 1. The summed E-state index contributed by atoms with van der Waals surface area (Å²) in [6, 6.07) is 2.09. The van der Waals surface area contributed by atoms with Gasteiger partial charge in [-0.15, -0.1) is 0 Å². The number of nitro groups is 1. The number of anilines is 1. The standard InChI is InChI=1S/C11H14FN3O3/c1-6-4-8(14-11(2,3)10(13)16)9(15(17)18)5-7(6)12/h4-5,14H,1-3H3,(H2,13,16). The normalized spacial score (nSPS) is 11.1. The number of carbonyl (C=O) groups excluding carboxylic acids is 1. The Balaban J connectivity index is 3.27. The number of hydrogen-bond donors (Lipinski definition) is 2. The zero-order valence-corrected chi connectivity index (χ0v) is 10.3. The van der Waals surface area contributed by atoms with Crippen LogP contribution in [0.1, 0.15) is 19.4 Å². The van der Waals surface area contributed by atoms with E-state index in [-0.39, 0.29) is 11.3 Å². The smallest absolute Gasteiger partial charge is 0.295 e. The van der Waals surface area contributed by atoms with E-state index in [9.17, 15) is 19.3 Å². The van der Waals surface area contributed by atoms with E-state index in [1.807, 2.05) is 0 Å². The number of benzene rings is 1. The van der Waals surface area contributed by atoms with Crippen molar-refractivity contribution in [1.82, 2.24) is 0 Å². The van der Waals surface area contributed by atoms with Crippen LogP contribution in [-0.2, 0) is 4.79 Å². The van der Waals surface area contributed by atoms with E-state index in [4.69, 9.17) is 5.73 Å². The highest BCUT2D eigenvalue weighted by molar-refractivity contribution is 5.87. The number of nitrogens with one attached hydrogen (secondary N) is 1. The van der Waals surface area contributed by atoms with Crippen molar-refractivity contribution in [2.75, 3.05) is 5.32 Å². The summed E-state index contributed by atoms with van der Waals surface area (Å²) in [5, 5.41) is 13.5. The molecule has 0 aliphatic heterocycles. The first-order chi connectivity index (χ1) is 8.15. The van der Waals surface area contributed by atoms with Crippen molar-refractivity contribution in [3.05, 3.63) is 33.6 Å². The lowest BCUT2D eigenvalue weighted by molar-refractivity contribution is -0.384. The van der Waals surface area contributed by atoms with Crippen molar-refractivity contribution in [1.29, 1.82) is 0 Å². The monoisotopic (exact) mass is 255 g/mol. The molecule has 0 fully saturated rings. The topological polar surface area (TPSA) is 98.3 Å². The third-order valence-corrected chi connectivity index (χ3v) is 2.54. The summed E-state index contributed by atoms with van der Waals surface area (Å²) in [7, 11) is 0. The molecule has 1 aromatic carbocycles. The zero-order valence-electron chi connectivity index (χ0n) is 10.3. The van der Waals surface area contributed by atoms with Crippen LogP contribution in [-0.4, -0.2) is 16.4 Å². The van der Waals surface area contributed by atoms with E-state index in [0.717, 1.165) is 6.07 Å². The van der Waals surface area contributed by atoms with Gasteiger partial charge in [0.1, 0.15) is 17.0 Å². The number of primary amides is 1. The van der Waals surface area contributed by atoms with E-state index in [1.165, 1.54) is 26.8 Å². The Kier molecular flexibility index (Phi) is 3.54. The molecule has 6 nitrogen and oxygen atoms in total. The van der Waals surface area contributed by atoms with Gasteiger partial charge in [0.2, 0.25) is 5.91 Å². The van der Waals surface area contributed by atoms with Gasteiger partial charge in [0, 0.05) is 0 Å². The quantitative estimate of drug-likeness (QED) is 0.632. The molecule has 3 N–H and O–H groups in total. The third kappa shape index (κ3) is 2.73. The minimum absolute atomic E-state index is 0.0581. The molecule has 0 aromatic heterocycles. The largest absolute Gasteiger partial charge is 0.368 e. The van der Waals surface area contributed by atoms with Gasteiger partial charge in [0.25, 0.3) is 5.69 Å². The van der Waals surface area contributed by atoms with Crippen LogP contribution in [0, 0.1) is 22.9 Å². The van der Waals surface area contributed by atoms with Crippen LogP contribution < -0.4 is 11.1 Å². The second kappa shape index (κ2) is 4.59. The van der Waals surface area contributed by atoms with Gasteiger partial charge in [-0.05, 0) is 32.4 Å². The Bertz CT molecular complexity index is 515. The van der Waals surface area contributed by atoms with Crippen LogP contribution in [0.3, 0.4) is 0 Å². The van der Waals surface area contributed by atoms with E-state index >= 15 is 0 Å². The number of amides is 1. The molecule has 1 amide bonds. The SMILES string of the molecule is Cc1cc(NC(C)(C)C(N)=O)c([N+](=O)[O-])cc1F. The lowest BCUT2D eigenvalue weighted by atomic mass is 10.0. The van der Waals surface area contributed by atoms with Crippen LogP contribution in [0.5, 0.6) is 0 Å². The van der Waals surface area contributed by atoms with Gasteiger partial charge in [-0.1, -0.05) is 0 Å². The Morgan fingerprint density at radius 1 is 1.50 bits per heavy atom. The number of aryl methyl sites for hydroxylation is 1. The van der Waals surface area contributed by atoms with Crippen LogP contribution in [0.2, 0.25) is 0 Å². The second-order valence-electron chi connectivity index (χ2n) is 4.49. The van der Waals surface area contributed by atoms with Crippen molar-refractivity contribution >= 4 is 17.3 Å². The summed E-state index contributed by atoms with van der Waals surface area (Å²) < 4.78 is 13.3. The minimum Gasteiger partial charge on any atom is -0.368 e. The van der Waals surface area contributed by atoms with Gasteiger partial charge in [0.15, 0.2) is 0 Å². The predicted octanol–water partition coefficient (Wildman–Crippen LogP) is 1.72. The fourth-order valence-corrected chi connectivity index (χ4v) is 1.32. The summed E-state index contributed by atoms with van der Waals surface area (Å²) in [5.41, 5.74) is 3.85. The highest BCUT2D eigenvalue weighted by atomic mass is 19.1. The van der Waals surface area contributed by atoms with Gasteiger partial charge in [-0.25, -0.2) is 4.39 Å². The highest BCUT2D eigenvalue weighted by Crippen LogP contribution is 2.29. The summed E-state index contributed by atoms with van der Waals surface area (Å²) in [4.78, 5) is 21.3. The van der Waals surface area contributed by atoms with E-state index in [0.29, 0.717) is 0 Å². The fourth-order valence-electron chi connectivity index (χ4n) is 1.32. The molecule has 1 aromatic rings. The molecule has 0 radical (unpaired) electrons. The van der Waals surface area contributed by atoms with Crippen molar-refractivity contribution in [3.8, 4) is 0 Å². The molecule has 98 valence electrons. The predicted molar refractivity (Wildman–Crippen MR) is 64.7 cm³/mol. The van der Waals surface area contributed by atoms with Crippen molar-refractivity contribution in [2.45, 2.75) is 26.3 Å². The first kappa shape index (κ1) is 13.9. The van der Waals surface area contributed by atoms with Crippen LogP contribution in [0.15, 0.2) is 12.1 Å². The van der Waals surface area contributed by atoms with Gasteiger partial charge in [-0.2, -0.15) is 0 Å². The molecule has 0 aliphatic rings. The molecule has 0 bridgehead atoms. The molecule has 0 saturated carbocycles. The van der Waals surface area contributed by atoms with E-state index in [2.05, 4.69) is 5.32 Å². The Hall–Kier alpha value is -2.18. The van der Waals surface area contributed by atoms with Crippen LogP contribution in [0.25, 0.3) is 0 Å². The first-order valence-electron chi connectivity index (χ1n) is 5.18. The van der Waals surface area contributed by atoms with E-state index < -0.39 is 27.9 Å². The molecule has 18 heavy (non-hydrogen) atoms. The number of rotatable bonds is 4. The zero-order chi connectivity index (χ0) is 14.1. The average Bonchev–Trinajstić information content (AvgIpc) is 2.22. The molecular weight excluding hydrogens is 241 g/mol. The summed E-state index contributed by atoms with van der Waals surface area (Å²) in [6.45, 7) is 4.44. The van der Waals surface area contributed by atoms with Crippen LogP contribution >= 0.6 is 0 Å². The summed E-state index contributed by atoms with van der Waals surface area (Å²) in [5.74, 6) is -1.34. The summed E-state index contributed by atoms with van der Waals surface area (Å²) >= 11 is 0. The highest BCUT2D eigenvalue weighted by Gasteiger charge is 2.28. The number of nitro benzene ring substituents is 1. The molecule has 0 saturated heterocycles. The fraction of sp³-hybridized carbons (Fsp3) is 0.364. The molecule has 0 unspecified atom stereocenters. The molecular formula is C11H14FN3O3.